The predicted molar refractivity (Wildman–Crippen MR) is 116 cm³/mol. The summed E-state index contributed by atoms with van der Waals surface area (Å²) in [5, 5.41) is 5.28. The molecule has 0 radical (unpaired) electrons. The molecule has 0 N–H and O–H groups in total. The van der Waals surface area contributed by atoms with Gasteiger partial charge in [-0.05, 0) is 63.1 Å². The molecule has 1 saturated heterocycles. The van der Waals surface area contributed by atoms with Gasteiger partial charge < -0.3 is 9.64 Å². The number of benzene rings is 1. The Kier molecular flexibility index (Phi) is 5.11. The number of rotatable bonds is 5. The van der Waals surface area contributed by atoms with Crippen LogP contribution in [0, 0.1) is 6.92 Å². The number of ether oxygens (including phenoxy) is 1. The molecule has 0 unspecified atom stereocenters. The fraction of sp³-hybridized carbons (Fsp3) is 0.478. The predicted octanol–water partition coefficient (Wildman–Crippen LogP) is 4.25. The van der Waals surface area contributed by atoms with Crippen LogP contribution in [0.3, 0.4) is 0 Å². The standard InChI is InChI=1S/C23H27N5O2/c1-16-11-20-19(12-21(16)30-18-7-3-2-4-8-18)22(27-9-5-6-10-27)26-23(25-20)28-14-17(15-29)13-24-28/h11-15,18H,2-10H2,1H3. The van der Waals surface area contributed by atoms with Crippen molar-refractivity contribution in [1.29, 1.82) is 0 Å². The summed E-state index contributed by atoms with van der Waals surface area (Å²) in [4.78, 5) is 23.0. The number of aldehydes is 1. The van der Waals surface area contributed by atoms with Crippen LogP contribution in [0.5, 0.6) is 5.75 Å². The Hall–Kier alpha value is -2.96. The van der Waals surface area contributed by atoms with Crippen LogP contribution >= 0.6 is 0 Å². The minimum absolute atomic E-state index is 0.302. The zero-order valence-corrected chi connectivity index (χ0v) is 17.4. The molecule has 156 valence electrons. The van der Waals surface area contributed by atoms with Crippen molar-refractivity contribution in [1.82, 2.24) is 19.7 Å². The molecule has 7 nitrogen and oxygen atoms in total. The van der Waals surface area contributed by atoms with Crippen molar-refractivity contribution < 1.29 is 9.53 Å². The molecule has 30 heavy (non-hydrogen) atoms. The van der Waals surface area contributed by atoms with Gasteiger partial charge in [0.2, 0.25) is 0 Å². The van der Waals surface area contributed by atoms with E-state index >= 15 is 0 Å². The van der Waals surface area contributed by atoms with Crippen LogP contribution in [-0.4, -0.2) is 45.2 Å². The van der Waals surface area contributed by atoms with Crippen molar-refractivity contribution in [3.8, 4) is 11.7 Å². The average Bonchev–Trinajstić information content (AvgIpc) is 3.47. The molecule has 1 aromatic carbocycles. The zero-order valence-electron chi connectivity index (χ0n) is 17.4. The van der Waals surface area contributed by atoms with Crippen LogP contribution in [0.1, 0.15) is 60.9 Å². The number of aryl methyl sites for hydroxylation is 1. The molecule has 1 saturated carbocycles. The van der Waals surface area contributed by atoms with E-state index in [1.54, 1.807) is 10.9 Å². The third-order valence-corrected chi connectivity index (χ3v) is 6.16. The molecule has 0 atom stereocenters. The molecule has 1 aliphatic heterocycles. The lowest BCUT2D eigenvalue weighted by atomic mass is 9.97. The summed E-state index contributed by atoms with van der Waals surface area (Å²) in [6, 6.07) is 4.21. The average molecular weight is 406 g/mol. The van der Waals surface area contributed by atoms with Crippen molar-refractivity contribution in [2.45, 2.75) is 58.0 Å². The summed E-state index contributed by atoms with van der Waals surface area (Å²) < 4.78 is 7.99. The lowest BCUT2D eigenvalue weighted by Crippen LogP contribution is -2.21. The molecule has 1 aliphatic carbocycles. The Balaban J connectivity index is 1.60. The number of hydrogen-bond donors (Lipinski definition) is 0. The number of carbonyl (C=O) groups is 1. The van der Waals surface area contributed by atoms with Crippen LogP contribution in [0.2, 0.25) is 0 Å². The molecule has 0 amide bonds. The maximum absolute atomic E-state index is 11.1. The first-order chi connectivity index (χ1) is 14.7. The van der Waals surface area contributed by atoms with E-state index in [-0.39, 0.29) is 0 Å². The summed E-state index contributed by atoms with van der Waals surface area (Å²) in [5.41, 5.74) is 2.46. The highest BCUT2D eigenvalue weighted by molar-refractivity contribution is 5.92. The molecular formula is C23H27N5O2. The quantitative estimate of drug-likeness (QED) is 0.591. The molecule has 2 aromatic heterocycles. The van der Waals surface area contributed by atoms with Gasteiger partial charge in [0.1, 0.15) is 11.6 Å². The second-order valence-corrected chi connectivity index (χ2v) is 8.39. The van der Waals surface area contributed by atoms with Gasteiger partial charge in [0.05, 0.1) is 23.4 Å². The Morgan fingerprint density at radius 3 is 2.60 bits per heavy atom. The highest BCUT2D eigenvalue weighted by Crippen LogP contribution is 2.34. The highest BCUT2D eigenvalue weighted by Gasteiger charge is 2.22. The number of fused-ring (bicyclic) bond motifs is 1. The van der Waals surface area contributed by atoms with Gasteiger partial charge in [0, 0.05) is 24.7 Å². The first-order valence-electron chi connectivity index (χ1n) is 11.0. The summed E-state index contributed by atoms with van der Waals surface area (Å²) in [5.74, 6) is 2.34. The third kappa shape index (κ3) is 3.64. The summed E-state index contributed by atoms with van der Waals surface area (Å²) in [6.45, 7) is 4.04. The Morgan fingerprint density at radius 2 is 1.87 bits per heavy atom. The molecule has 3 aromatic rings. The van der Waals surface area contributed by atoms with Crippen molar-refractivity contribution >= 4 is 23.0 Å². The third-order valence-electron chi connectivity index (χ3n) is 6.16. The van der Waals surface area contributed by atoms with Gasteiger partial charge in [-0.25, -0.2) is 9.67 Å². The summed E-state index contributed by atoms with van der Waals surface area (Å²) in [7, 11) is 0. The van der Waals surface area contributed by atoms with Gasteiger partial charge >= 0.3 is 0 Å². The summed E-state index contributed by atoms with van der Waals surface area (Å²) in [6.07, 6.45) is 12.7. The Labute approximate surface area is 176 Å². The fourth-order valence-electron chi connectivity index (χ4n) is 4.50. The number of hydrogen-bond acceptors (Lipinski definition) is 6. The van der Waals surface area contributed by atoms with E-state index in [4.69, 9.17) is 14.7 Å². The van der Waals surface area contributed by atoms with Crippen LogP contribution in [0.25, 0.3) is 16.9 Å². The van der Waals surface area contributed by atoms with Crippen molar-refractivity contribution in [2.75, 3.05) is 18.0 Å². The smallest absolute Gasteiger partial charge is 0.253 e. The van der Waals surface area contributed by atoms with Crippen molar-refractivity contribution in [3.05, 3.63) is 35.7 Å². The van der Waals surface area contributed by atoms with Gasteiger partial charge in [0.15, 0.2) is 6.29 Å². The Morgan fingerprint density at radius 1 is 1.07 bits per heavy atom. The van der Waals surface area contributed by atoms with E-state index in [1.807, 2.05) is 0 Å². The second kappa shape index (κ2) is 8.05. The minimum atomic E-state index is 0.302. The SMILES string of the molecule is Cc1cc2nc(-n3cc(C=O)cn3)nc(N3CCCC3)c2cc1OC1CCCCC1. The van der Waals surface area contributed by atoms with Gasteiger partial charge in [-0.15, -0.1) is 0 Å². The highest BCUT2D eigenvalue weighted by atomic mass is 16.5. The molecule has 0 spiro atoms. The van der Waals surface area contributed by atoms with Crippen LogP contribution in [0.4, 0.5) is 5.82 Å². The largest absolute Gasteiger partial charge is 0.490 e. The molecule has 2 fully saturated rings. The first-order valence-corrected chi connectivity index (χ1v) is 11.0. The molecule has 7 heteroatoms. The van der Waals surface area contributed by atoms with E-state index in [2.05, 4.69) is 29.1 Å². The monoisotopic (exact) mass is 405 g/mol. The fourth-order valence-corrected chi connectivity index (χ4v) is 4.50. The van der Waals surface area contributed by atoms with E-state index in [0.29, 0.717) is 17.6 Å². The zero-order chi connectivity index (χ0) is 20.5. The number of nitrogens with zero attached hydrogens (tertiary/aromatic N) is 5. The maximum Gasteiger partial charge on any atom is 0.253 e. The second-order valence-electron chi connectivity index (χ2n) is 8.39. The minimum Gasteiger partial charge on any atom is -0.490 e. The van der Waals surface area contributed by atoms with E-state index in [0.717, 1.165) is 73.1 Å². The van der Waals surface area contributed by atoms with Gasteiger partial charge in [-0.2, -0.15) is 10.1 Å². The normalized spacial score (nSPS) is 17.6. The lowest BCUT2D eigenvalue weighted by molar-refractivity contribution is 0.112. The molecule has 5 rings (SSSR count). The molecule has 3 heterocycles. The van der Waals surface area contributed by atoms with Crippen molar-refractivity contribution in [2.24, 2.45) is 0 Å². The lowest BCUT2D eigenvalue weighted by Gasteiger charge is -2.25. The number of carbonyl (C=O) groups excluding carboxylic acids is 1. The van der Waals surface area contributed by atoms with Gasteiger partial charge in [-0.3, -0.25) is 4.79 Å². The molecular weight excluding hydrogens is 378 g/mol. The topological polar surface area (TPSA) is 73.1 Å². The van der Waals surface area contributed by atoms with Gasteiger partial charge in [-0.1, -0.05) is 6.42 Å². The number of aromatic nitrogens is 4. The first kappa shape index (κ1) is 19.0. The number of anilines is 1. The molecule has 2 aliphatic rings. The molecule has 0 bridgehead atoms. The van der Waals surface area contributed by atoms with Gasteiger partial charge in [0.25, 0.3) is 5.95 Å². The van der Waals surface area contributed by atoms with E-state index in [1.165, 1.54) is 25.5 Å². The van der Waals surface area contributed by atoms with Crippen LogP contribution < -0.4 is 9.64 Å². The van der Waals surface area contributed by atoms with E-state index < -0.39 is 0 Å². The Bertz CT molecular complexity index is 1060. The van der Waals surface area contributed by atoms with Crippen LogP contribution in [0.15, 0.2) is 24.5 Å². The maximum atomic E-state index is 11.1. The summed E-state index contributed by atoms with van der Waals surface area (Å²) >= 11 is 0. The van der Waals surface area contributed by atoms with E-state index in [9.17, 15) is 4.79 Å². The van der Waals surface area contributed by atoms with Crippen molar-refractivity contribution in [3.63, 3.8) is 0 Å². The van der Waals surface area contributed by atoms with Crippen LogP contribution in [-0.2, 0) is 0 Å².